The second kappa shape index (κ2) is 9.20. The number of para-hydroxylation sites is 1. The maximum absolute atomic E-state index is 12.9. The van der Waals surface area contributed by atoms with Crippen LogP contribution in [0.4, 0.5) is 5.69 Å². The quantitative estimate of drug-likeness (QED) is 0.370. The molecule has 0 bridgehead atoms. The van der Waals surface area contributed by atoms with Gasteiger partial charge in [-0.25, -0.2) is 0 Å². The number of nitrogens with zero attached hydrogens (tertiary/aromatic N) is 1. The number of ketones is 1. The number of aliphatic imine (C=N–C) groups is 1. The van der Waals surface area contributed by atoms with Crippen LogP contribution in [0.3, 0.4) is 0 Å². The first-order valence-corrected chi connectivity index (χ1v) is 9.80. The topological polar surface area (TPSA) is 69.9 Å². The minimum absolute atomic E-state index is 0.0521. The normalized spacial score (nSPS) is 11.4. The summed E-state index contributed by atoms with van der Waals surface area (Å²) in [5.74, 6) is 0.414. The Morgan fingerprint density at radius 3 is 2.28 bits per heavy atom. The molecule has 4 nitrogen and oxygen atoms in total. The summed E-state index contributed by atoms with van der Waals surface area (Å²) in [7, 11) is 0. The maximum Gasteiger partial charge on any atom is 0.165 e. The summed E-state index contributed by atoms with van der Waals surface area (Å²) in [6, 6.07) is 19.5. The van der Waals surface area contributed by atoms with Gasteiger partial charge in [-0.15, -0.1) is 0 Å². The molecule has 0 heterocycles. The van der Waals surface area contributed by atoms with Crippen molar-refractivity contribution < 1.29 is 15.0 Å². The summed E-state index contributed by atoms with van der Waals surface area (Å²) < 4.78 is 0. The molecule has 0 aliphatic rings. The van der Waals surface area contributed by atoms with Gasteiger partial charge in [0, 0.05) is 23.3 Å². The van der Waals surface area contributed by atoms with E-state index in [0.29, 0.717) is 28.9 Å². The lowest BCUT2D eigenvalue weighted by Gasteiger charge is -2.11. The number of carbonyl (C=O) groups excluding carboxylic acids is 1. The third-order valence-electron chi connectivity index (χ3n) is 4.84. The van der Waals surface area contributed by atoms with E-state index in [4.69, 9.17) is 0 Å². The molecule has 0 radical (unpaired) electrons. The standard InChI is InChI=1S/C25H25NO3/c1-3-4-8-25(29)22-16-19(18-10-13-20(27)14-11-18)12-15-23(22)26-17(2)21-7-5-6-9-24(21)28/h5-7,9-16,27-28H,3-4,8H2,1-2H3. The van der Waals surface area contributed by atoms with E-state index in [1.165, 1.54) is 0 Å². The smallest absolute Gasteiger partial charge is 0.165 e. The third kappa shape index (κ3) is 4.91. The monoisotopic (exact) mass is 387 g/mol. The Morgan fingerprint density at radius 2 is 1.59 bits per heavy atom. The van der Waals surface area contributed by atoms with Crippen molar-refractivity contribution in [1.82, 2.24) is 0 Å². The van der Waals surface area contributed by atoms with Crippen LogP contribution in [0.2, 0.25) is 0 Å². The highest BCUT2D eigenvalue weighted by molar-refractivity contribution is 6.06. The molecule has 0 fully saturated rings. The zero-order valence-electron chi connectivity index (χ0n) is 16.7. The number of rotatable bonds is 7. The summed E-state index contributed by atoms with van der Waals surface area (Å²) in [6.07, 6.45) is 2.23. The number of carbonyl (C=O) groups is 1. The molecule has 0 spiro atoms. The summed E-state index contributed by atoms with van der Waals surface area (Å²) in [5.41, 5.74) is 4.25. The first-order chi connectivity index (χ1) is 14.0. The van der Waals surface area contributed by atoms with E-state index in [1.54, 1.807) is 30.3 Å². The Labute approximate surface area is 171 Å². The van der Waals surface area contributed by atoms with Gasteiger partial charge in [-0.05, 0) is 60.9 Å². The highest BCUT2D eigenvalue weighted by Crippen LogP contribution is 2.30. The van der Waals surface area contributed by atoms with Crippen LogP contribution < -0.4 is 0 Å². The molecule has 3 aromatic carbocycles. The SMILES string of the molecule is CCCCC(=O)c1cc(-c2ccc(O)cc2)ccc1N=C(C)c1ccccc1O. The number of benzene rings is 3. The molecule has 0 atom stereocenters. The summed E-state index contributed by atoms with van der Waals surface area (Å²) in [5, 5.41) is 19.6. The van der Waals surface area contributed by atoms with Gasteiger partial charge in [0.15, 0.2) is 5.78 Å². The van der Waals surface area contributed by atoms with E-state index >= 15 is 0 Å². The van der Waals surface area contributed by atoms with Gasteiger partial charge in [0.25, 0.3) is 0 Å². The fourth-order valence-corrected chi connectivity index (χ4v) is 3.18. The van der Waals surface area contributed by atoms with Gasteiger partial charge in [-0.2, -0.15) is 0 Å². The molecule has 148 valence electrons. The predicted molar refractivity (Wildman–Crippen MR) is 117 cm³/mol. The van der Waals surface area contributed by atoms with Crippen LogP contribution in [-0.4, -0.2) is 21.7 Å². The van der Waals surface area contributed by atoms with Crippen LogP contribution in [0.15, 0.2) is 71.7 Å². The summed E-state index contributed by atoms with van der Waals surface area (Å²) >= 11 is 0. The molecule has 0 saturated heterocycles. The Kier molecular flexibility index (Phi) is 6.45. The molecular formula is C25H25NO3. The Balaban J connectivity index is 2.05. The van der Waals surface area contributed by atoms with E-state index in [2.05, 4.69) is 11.9 Å². The van der Waals surface area contributed by atoms with Crippen molar-refractivity contribution in [2.75, 3.05) is 0 Å². The fourth-order valence-electron chi connectivity index (χ4n) is 3.18. The van der Waals surface area contributed by atoms with Gasteiger partial charge < -0.3 is 10.2 Å². The van der Waals surface area contributed by atoms with Crippen LogP contribution in [0.25, 0.3) is 11.1 Å². The minimum Gasteiger partial charge on any atom is -0.508 e. The average molecular weight is 387 g/mol. The van der Waals surface area contributed by atoms with Crippen molar-refractivity contribution in [2.24, 2.45) is 4.99 Å². The van der Waals surface area contributed by atoms with Crippen LogP contribution >= 0.6 is 0 Å². The number of aromatic hydroxyl groups is 2. The van der Waals surface area contributed by atoms with E-state index in [9.17, 15) is 15.0 Å². The molecule has 4 heteroatoms. The average Bonchev–Trinajstić information content (AvgIpc) is 2.73. The van der Waals surface area contributed by atoms with Crippen molar-refractivity contribution in [3.8, 4) is 22.6 Å². The highest BCUT2D eigenvalue weighted by Gasteiger charge is 2.14. The van der Waals surface area contributed by atoms with Gasteiger partial charge in [0.05, 0.1) is 5.69 Å². The van der Waals surface area contributed by atoms with Crippen LogP contribution in [0.1, 0.15) is 49.0 Å². The minimum atomic E-state index is 0.0521. The Hall–Kier alpha value is -3.40. The van der Waals surface area contributed by atoms with Crippen LogP contribution in [0.5, 0.6) is 11.5 Å². The van der Waals surface area contributed by atoms with Crippen LogP contribution in [0, 0.1) is 0 Å². The summed E-state index contributed by atoms with van der Waals surface area (Å²) in [4.78, 5) is 17.6. The van der Waals surface area contributed by atoms with E-state index in [0.717, 1.165) is 24.0 Å². The highest BCUT2D eigenvalue weighted by atomic mass is 16.3. The molecule has 2 N–H and O–H groups in total. The van der Waals surface area contributed by atoms with Crippen molar-refractivity contribution in [3.05, 3.63) is 77.9 Å². The zero-order valence-corrected chi connectivity index (χ0v) is 16.7. The van der Waals surface area contributed by atoms with Crippen molar-refractivity contribution >= 4 is 17.2 Å². The number of hydrogen-bond acceptors (Lipinski definition) is 4. The number of phenols is 2. The second-order valence-corrected chi connectivity index (χ2v) is 7.02. The molecule has 3 rings (SSSR count). The molecule has 29 heavy (non-hydrogen) atoms. The second-order valence-electron chi connectivity index (χ2n) is 7.02. The lowest BCUT2D eigenvalue weighted by molar-refractivity contribution is 0.0980. The Bertz CT molecular complexity index is 1040. The molecule has 3 aromatic rings. The zero-order chi connectivity index (χ0) is 20.8. The first kappa shape index (κ1) is 20.3. The Morgan fingerprint density at radius 1 is 0.897 bits per heavy atom. The fraction of sp³-hybridized carbons (Fsp3) is 0.200. The number of unbranched alkanes of at least 4 members (excludes halogenated alkanes) is 1. The molecule has 0 unspecified atom stereocenters. The largest absolute Gasteiger partial charge is 0.508 e. The van der Waals surface area contributed by atoms with Gasteiger partial charge in [-0.3, -0.25) is 9.79 Å². The van der Waals surface area contributed by atoms with Gasteiger partial charge in [0.1, 0.15) is 11.5 Å². The van der Waals surface area contributed by atoms with Gasteiger partial charge in [-0.1, -0.05) is 43.7 Å². The maximum atomic E-state index is 12.9. The molecule has 0 saturated carbocycles. The van der Waals surface area contributed by atoms with Crippen molar-refractivity contribution in [3.63, 3.8) is 0 Å². The van der Waals surface area contributed by atoms with Crippen molar-refractivity contribution in [2.45, 2.75) is 33.1 Å². The van der Waals surface area contributed by atoms with E-state index < -0.39 is 0 Å². The predicted octanol–water partition coefficient (Wildman–Crippen LogP) is 6.28. The van der Waals surface area contributed by atoms with Gasteiger partial charge in [0.2, 0.25) is 0 Å². The van der Waals surface area contributed by atoms with Crippen molar-refractivity contribution in [1.29, 1.82) is 0 Å². The molecule has 0 aromatic heterocycles. The lowest BCUT2D eigenvalue weighted by Crippen LogP contribution is -2.01. The van der Waals surface area contributed by atoms with E-state index in [-0.39, 0.29) is 17.3 Å². The molecule has 0 aliphatic heterocycles. The lowest BCUT2D eigenvalue weighted by atomic mass is 9.97. The third-order valence-corrected chi connectivity index (χ3v) is 4.84. The molecular weight excluding hydrogens is 362 g/mol. The molecule has 0 aliphatic carbocycles. The van der Waals surface area contributed by atoms with E-state index in [1.807, 2.05) is 43.3 Å². The molecule has 0 amide bonds. The summed E-state index contributed by atoms with van der Waals surface area (Å²) in [6.45, 7) is 3.88. The first-order valence-electron chi connectivity index (χ1n) is 9.80. The number of hydrogen-bond donors (Lipinski definition) is 2. The number of phenolic OH excluding ortho intramolecular Hbond substituents is 2. The van der Waals surface area contributed by atoms with Crippen LogP contribution in [-0.2, 0) is 0 Å². The van der Waals surface area contributed by atoms with Gasteiger partial charge >= 0.3 is 0 Å². The number of Topliss-reactive ketones (excluding diaryl/α,β-unsaturated/α-hetero) is 1.